The van der Waals surface area contributed by atoms with Gasteiger partial charge >= 0.3 is 0 Å². The van der Waals surface area contributed by atoms with Gasteiger partial charge in [-0.05, 0) is 31.2 Å². The first-order chi connectivity index (χ1) is 6.80. The first kappa shape index (κ1) is 12.0. The minimum absolute atomic E-state index is 0.732. The highest BCUT2D eigenvalue weighted by molar-refractivity contribution is 4.76. The molecule has 0 amide bonds. The van der Waals surface area contributed by atoms with E-state index in [0.29, 0.717) is 0 Å². The van der Waals surface area contributed by atoms with Crippen molar-refractivity contribution in [3.8, 4) is 0 Å². The molecule has 2 nitrogen and oxygen atoms in total. The number of likely N-dealkylation sites (tertiary alicyclic amines) is 1. The highest BCUT2D eigenvalue weighted by atomic mass is 16.5. The minimum Gasteiger partial charge on any atom is -0.384 e. The highest BCUT2D eigenvalue weighted by Gasteiger charge is 2.22. The maximum absolute atomic E-state index is 5.23. The molecule has 1 fully saturated rings. The molecule has 1 aliphatic rings. The van der Waals surface area contributed by atoms with Crippen LogP contribution < -0.4 is 0 Å². The van der Waals surface area contributed by atoms with E-state index in [2.05, 4.69) is 18.7 Å². The fraction of sp³-hybridized carbons (Fsp3) is 1.00. The van der Waals surface area contributed by atoms with Crippen molar-refractivity contribution < 1.29 is 4.74 Å². The number of rotatable bonds is 6. The van der Waals surface area contributed by atoms with E-state index in [1.54, 1.807) is 0 Å². The minimum atomic E-state index is 0.732. The number of hydrogen-bond acceptors (Lipinski definition) is 2. The number of hydrogen-bond donors (Lipinski definition) is 0. The van der Waals surface area contributed by atoms with Gasteiger partial charge in [0, 0.05) is 20.2 Å². The van der Waals surface area contributed by atoms with Crippen LogP contribution in [0.3, 0.4) is 0 Å². The predicted molar refractivity (Wildman–Crippen MR) is 60.5 cm³/mol. The zero-order chi connectivity index (χ0) is 10.4. The molecule has 84 valence electrons. The van der Waals surface area contributed by atoms with Gasteiger partial charge in [0.1, 0.15) is 0 Å². The van der Waals surface area contributed by atoms with Gasteiger partial charge in [-0.25, -0.2) is 0 Å². The summed E-state index contributed by atoms with van der Waals surface area (Å²) >= 11 is 0. The lowest BCUT2D eigenvalue weighted by atomic mass is 10.1. The Morgan fingerprint density at radius 2 is 2.21 bits per heavy atom. The molecule has 0 aromatic heterocycles. The third kappa shape index (κ3) is 3.58. The van der Waals surface area contributed by atoms with E-state index in [9.17, 15) is 0 Å². The molecule has 1 rings (SSSR count). The van der Waals surface area contributed by atoms with Crippen LogP contribution in [-0.4, -0.2) is 38.3 Å². The Morgan fingerprint density at radius 1 is 1.43 bits per heavy atom. The van der Waals surface area contributed by atoms with Crippen LogP contribution in [0.2, 0.25) is 0 Å². The molecule has 0 radical (unpaired) electrons. The second-order valence-corrected chi connectivity index (χ2v) is 4.55. The van der Waals surface area contributed by atoms with E-state index in [4.69, 9.17) is 4.74 Å². The van der Waals surface area contributed by atoms with Crippen molar-refractivity contribution in [2.24, 2.45) is 11.8 Å². The number of nitrogens with zero attached hydrogens (tertiary/aromatic N) is 1. The molecule has 2 heteroatoms. The van der Waals surface area contributed by atoms with E-state index in [-0.39, 0.29) is 0 Å². The SMILES string of the molecule is CCC1CCN(CC(CC)COC)C1. The molecule has 0 aliphatic carbocycles. The number of ether oxygens (including phenoxy) is 1. The molecule has 0 N–H and O–H groups in total. The summed E-state index contributed by atoms with van der Waals surface area (Å²) in [5.74, 6) is 1.69. The Kier molecular flexibility index (Phi) is 5.49. The molecule has 0 spiro atoms. The number of methoxy groups -OCH3 is 1. The predicted octanol–water partition coefficient (Wildman–Crippen LogP) is 2.39. The van der Waals surface area contributed by atoms with Crippen LogP contribution in [0.25, 0.3) is 0 Å². The second kappa shape index (κ2) is 6.41. The average Bonchev–Trinajstić information content (AvgIpc) is 2.65. The van der Waals surface area contributed by atoms with Crippen LogP contribution in [0.15, 0.2) is 0 Å². The zero-order valence-corrected chi connectivity index (χ0v) is 9.96. The Labute approximate surface area is 88.6 Å². The molecule has 0 aromatic rings. The molecule has 1 heterocycles. The normalized spacial score (nSPS) is 25.5. The lowest BCUT2D eigenvalue weighted by molar-refractivity contribution is 0.125. The van der Waals surface area contributed by atoms with Crippen molar-refractivity contribution >= 4 is 0 Å². The monoisotopic (exact) mass is 199 g/mol. The van der Waals surface area contributed by atoms with Crippen molar-refractivity contribution in [3.05, 3.63) is 0 Å². The van der Waals surface area contributed by atoms with Gasteiger partial charge < -0.3 is 9.64 Å². The maximum Gasteiger partial charge on any atom is 0.0502 e. The molecule has 0 aromatic carbocycles. The second-order valence-electron chi connectivity index (χ2n) is 4.55. The Hall–Kier alpha value is -0.0800. The summed E-state index contributed by atoms with van der Waals surface area (Å²) in [6.45, 7) is 9.34. The van der Waals surface area contributed by atoms with Crippen LogP contribution >= 0.6 is 0 Å². The van der Waals surface area contributed by atoms with Gasteiger partial charge in [-0.2, -0.15) is 0 Å². The van der Waals surface area contributed by atoms with Crippen molar-refractivity contribution in [1.29, 1.82) is 0 Å². The third-order valence-corrected chi connectivity index (χ3v) is 3.44. The van der Waals surface area contributed by atoms with Crippen molar-refractivity contribution in [2.75, 3.05) is 33.4 Å². The van der Waals surface area contributed by atoms with Gasteiger partial charge in [-0.15, -0.1) is 0 Å². The molecule has 14 heavy (non-hydrogen) atoms. The van der Waals surface area contributed by atoms with Gasteiger partial charge in [-0.3, -0.25) is 0 Å². The molecule has 0 bridgehead atoms. The van der Waals surface area contributed by atoms with Crippen LogP contribution in [0.1, 0.15) is 33.1 Å². The largest absolute Gasteiger partial charge is 0.384 e. The summed E-state index contributed by atoms with van der Waals surface area (Å²) in [6, 6.07) is 0. The Balaban J connectivity index is 2.22. The van der Waals surface area contributed by atoms with Gasteiger partial charge in [0.25, 0.3) is 0 Å². The fourth-order valence-electron chi connectivity index (χ4n) is 2.31. The zero-order valence-electron chi connectivity index (χ0n) is 9.96. The third-order valence-electron chi connectivity index (χ3n) is 3.44. The first-order valence-electron chi connectivity index (χ1n) is 6.01. The Bertz CT molecular complexity index is 149. The topological polar surface area (TPSA) is 12.5 Å². The highest BCUT2D eigenvalue weighted by Crippen LogP contribution is 2.20. The summed E-state index contributed by atoms with van der Waals surface area (Å²) in [5, 5.41) is 0. The van der Waals surface area contributed by atoms with Gasteiger partial charge in [-0.1, -0.05) is 20.3 Å². The smallest absolute Gasteiger partial charge is 0.0502 e. The summed E-state index contributed by atoms with van der Waals surface area (Å²) in [6.07, 6.45) is 3.98. The van der Waals surface area contributed by atoms with Crippen molar-refractivity contribution in [2.45, 2.75) is 33.1 Å². The summed E-state index contributed by atoms with van der Waals surface area (Å²) in [5.41, 5.74) is 0. The van der Waals surface area contributed by atoms with Crippen LogP contribution in [-0.2, 0) is 4.74 Å². The van der Waals surface area contributed by atoms with E-state index in [1.807, 2.05) is 7.11 Å². The van der Waals surface area contributed by atoms with Gasteiger partial charge in [0.2, 0.25) is 0 Å². The lowest BCUT2D eigenvalue weighted by Crippen LogP contribution is -2.29. The van der Waals surface area contributed by atoms with Crippen LogP contribution in [0, 0.1) is 11.8 Å². The van der Waals surface area contributed by atoms with Crippen LogP contribution in [0.5, 0.6) is 0 Å². The van der Waals surface area contributed by atoms with Gasteiger partial charge in [0.15, 0.2) is 0 Å². The molecule has 2 unspecified atom stereocenters. The fourth-order valence-corrected chi connectivity index (χ4v) is 2.31. The molecular weight excluding hydrogens is 174 g/mol. The molecule has 2 atom stereocenters. The van der Waals surface area contributed by atoms with E-state index in [0.717, 1.165) is 18.4 Å². The lowest BCUT2D eigenvalue weighted by Gasteiger charge is -2.22. The quantitative estimate of drug-likeness (QED) is 0.651. The van der Waals surface area contributed by atoms with Crippen molar-refractivity contribution in [3.63, 3.8) is 0 Å². The molecule has 1 aliphatic heterocycles. The van der Waals surface area contributed by atoms with Crippen LogP contribution in [0.4, 0.5) is 0 Å². The van der Waals surface area contributed by atoms with Crippen molar-refractivity contribution in [1.82, 2.24) is 4.90 Å². The molecule has 1 saturated heterocycles. The summed E-state index contributed by atoms with van der Waals surface area (Å²) < 4.78 is 5.23. The van der Waals surface area contributed by atoms with E-state index in [1.165, 1.54) is 38.9 Å². The Morgan fingerprint density at radius 3 is 2.71 bits per heavy atom. The first-order valence-corrected chi connectivity index (χ1v) is 6.01. The van der Waals surface area contributed by atoms with E-state index >= 15 is 0 Å². The summed E-state index contributed by atoms with van der Waals surface area (Å²) in [4.78, 5) is 2.61. The maximum atomic E-state index is 5.23. The molecule has 0 saturated carbocycles. The van der Waals surface area contributed by atoms with E-state index < -0.39 is 0 Å². The molecular formula is C12H25NO. The average molecular weight is 199 g/mol. The van der Waals surface area contributed by atoms with Gasteiger partial charge in [0.05, 0.1) is 6.61 Å². The standard InChI is InChI=1S/C12H25NO/c1-4-11-6-7-13(8-11)9-12(5-2)10-14-3/h11-12H,4-10H2,1-3H3. The summed E-state index contributed by atoms with van der Waals surface area (Å²) in [7, 11) is 1.81.